The highest BCUT2D eigenvalue weighted by atomic mass is 19.1. The van der Waals surface area contributed by atoms with Crippen LogP contribution >= 0.6 is 0 Å². The molecule has 86 valence electrons. The molecule has 0 unspecified atom stereocenters. The van der Waals surface area contributed by atoms with Gasteiger partial charge in [0.15, 0.2) is 0 Å². The van der Waals surface area contributed by atoms with Crippen molar-refractivity contribution in [2.45, 2.75) is 13.8 Å². The molecule has 0 aromatic heterocycles. The van der Waals surface area contributed by atoms with Crippen LogP contribution in [0.4, 0.5) is 10.1 Å². The highest BCUT2D eigenvalue weighted by Gasteiger charge is 2.18. The second kappa shape index (κ2) is 4.74. The summed E-state index contributed by atoms with van der Waals surface area (Å²) in [6.07, 6.45) is 0. The minimum Gasteiger partial charge on any atom is -0.478 e. The molecule has 1 aromatic carbocycles. The number of amides is 1. The molecule has 4 nitrogen and oxygen atoms in total. The lowest BCUT2D eigenvalue weighted by molar-refractivity contribution is -0.118. The second-order valence-corrected chi connectivity index (χ2v) is 3.61. The summed E-state index contributed by atoms with van der Waals surface area (Å²) in [6.45, 7) is 3.32. The van der Waals surface area contributed by atoms with E-state index in [1.807, 2.05) is 0 Å². The van der Waals surface area contributed by atoms with Crippen LogP contribution in [-0.4, -0.2) is 17.0 Å². The van der Waals surface area contributed by atoms with Crippen molar-refractivity contribution in [2.24, 2.45) is 5.92 Å². The van der Waals surface area contributed by atoms with Crippen molar-refractivity contribution in [2.75, 3.05) is 5.32 Å². The van der Waals surface area contributed by atoms with E-state index in [0.29, 0.717) is 0 Å². The summed E-state index contributed by atoms with van der Waals surface area (Å²) in [7, 11) is 0. The maximum Gasteiger partial charge on any atom is 0.340 e. The summed E-state index contributed by atoms with van der Waals surface area (Å²) in [5.74, 6) is -2.93. The van der Waals surface area contributed by atoms with Gasteiger partial charge in [-0.25, -0.2) is 9.18 Å². The third-order valence-corrected chi connectivity index (χ3v) is 2.01. The minimum absolute atomic E-state index is 0.0220. The molecule has 16 heavy (non-hydrogen) atoms. The van der Waals surface area contributed by atoms with Gasteiger partial charge in [0, 0.05) is 5.92 Å². The number of anilines is 1. The number of carbonyl (C=O) groups excluding carboxylic acids is 1. The maximum atomic E-state index is 13.2. The Kier molecular flexibility index (Phi) is 3.60. The SMILES string of the molecule is CC(C)C(=O)Nc1cccc(F)c1C(=O)O. The summed E-state index contributed by atoms with van der Waals surface area (Å²) in [5, 5.41) is 11.2. The third-order valence-electron chi connectivity index (χ3n) is 2.01. The first-order valence-electron chi connectivity index (χ1n) is 4.76. The highest BCUT2D eigenvalue weighted by molar-refractivity contribution is 6.01. The van der Waals surface area contributed by atoms with Crippen LogP contribution in [0.3, 0.4) is 0 Å². The first-order valence-corrected chi connectivity index (χ1v) is 4.76. The molecule has 0 fully saturated rings. The topological polar surface area (TPSA) is 66.4 Å². The van der Waals surface area contributed by atoms with Crippen molar-refractivity contribution in [1.29, 1.82) is 0 Å². The zero-order chi connectivity index (χ0) is 12.3. The molecule has 0 radical (unpaired) electrons. The van der Waals surface area contributed by atoms with Gasteiger partial charge in [0.1, 0.15) is 11.4 Å². The number of carbonyl (C=O) groups is 2. The molecule has 0 aliphatic heterocycles. The van der Waals surface area contributed by atoms with Crippen LogP contribution in [0.2, 0.25) is 0 Å². The zero-order valence-electron chi connectivity index (χ0n) is 8.95. The van der Waals surface area contributed by atoms with Crippen molar-refractivity contribution >= 4 is 17.6 Å². The number of halogens is 1. The fourth-order valence-corrected chi connectivity index (χ4v) is 1.12. The van der Waals surface area contributed by atoms with E-state index >= 15 is 0 Å². The van der Waals surface area contributed by atoms with Crippen LogP contribution in [0.25, 0.3) is 0 Å². The molecule has 2 N–H and O–H groups in total. The van der Waals surface area contributed by atoms with E-state index in [0.717, 1.165) is 6.07 Å². The van der Waals surface area contributed by atoms with Crippen molar-refractivity contribution < 1.29 is 19.1 Å². The molecule has 0 saturated carbocycles. The van der Waals surface area contributed by atoms with Crippen molar-refractivity contribution in [1.82, 2.24) is 0 Å². The van der Waals surface area contributed by atoms with Gasteiger partial charge in [0.05, 0.1) is 5.69 Å². The quantitative estimate of drug-likeness (QED) is 0.827. The first kappa shape index (κ1) is 12.2. The predicted molar refractivity (Wildman–Crippen MR) is 56.8 cm³/mol. The van der Waals surface area contributed by atoms with Gasteiger partial charge in [0.2, 0.25) is 5.91 Å². The van der Waals surface area contributed by atoms with Crippen molar-refractivity contribution in [3.63, 3.8) is 0 Å². The fourth-order valence-electron chi connectivity index (χ4n) is 1.12. The molecule has 0 heterocycles. The maximum absolute atomic E-state index is 13.2. The van der Waals surface area contributed by atoms with E-state index in [9.17, 15) is 14.0 Å². The Hall–Kier alpha value is -1.91. The summed E-state index contributed by atoms with van der Waals surface area (Å²) < 4.78 is 13.2. The van der Waals surface area contributed by atoms with Crippen LogP contribution in [0.5, 0.6) is 0 Å². The lowest BCUT2D eigenvalue weighted by Gasteiger charge is -2.10. The van der Waals surface area contributed by atoms with Gasteiger partial charge >= 0.3 is 5.97 Å². The highest BCUT2D eigenvalue weighted by Crippen LogP contribution is 2.19. The number of hydrogen-bond acceptors (Lipinski definition) is 2. The van der Waals surface area contributed by atoms with Gasteiger partial charge in [-0.05, 0) is 12.1 Å². The molecule has 0 aliphatic carbocycles. The van der Waals surface area contributed by atoms with Gasteiger partial charge in [-0.1, -0.05) is 19.9 Å². The molecule has 1 rings (SSSR count). The molecule has 0 spiro atoms. The molecule has 1 aromatic rings. The number of aromatic carboxylic acids is 1. The fraction of sp³-hybridized carbons (Fsp3) is 0.273. The smallest absolute Gasteiger partial charge is 0.340 e. The van der Waals surface area contributed by atoms with Crippen LogP contribution in [0.1, 0.15) is 24.2 Å². The number of hydrogen-bond donors (Lipinski definition) is 2. The minimum atomic E-state index is -1.41. The van der Waals surface area contributed by atoms with E-state index < -0.39 is 17.3 Å². The Morgan fingerprint density at radius 3 is 2.50 bits per heavy atom. The summed E-state index contributed by atoms with van der Waals surface area (Å²) in [6, 6.07) is 3.74. The zero-order valence-corrected chi connectivity index (χ0v) is 8.95. The van der Waals surface area contributed by atoms with E-state index in [2.05, 4.69) is 5.32 Å². The number of carboxylic acids is 1. The van der Waals surface area contributed by atoms with Crippen molar-refractivity contribution in [3.8, 4) is 0 Å². The summed E-state index contributed by atoms with van der Waals surface area (Å²) >= 11 is 0. The van der Waals surface area contributed by atoms with Crippen LogP contribution in [0, 0.1) is 11.7 Å². The second-order valence-electron chi connectivity index (χ2n) is 3.61. The first-order chi connectivity index (χ1) is 7.43. The van der Waals surface area contributed by atoms with Crippen LogP contribution in [0.15, 0.2) is 18.2 Å². The molecule has 0 saturated heterocycles. The molecular formula is C11H12FNO3. The van der Waals surface area contributed by atoms with E-state index in [1.54, 1.807) is 13.8 Å². The van der Waals surface area contributed by atoms with Crippen molar-refractivity contribution in [3.05, 3.63) is 29.6 Å². The lowest BCUT2D eigenvalue weighted by atomic mass is 10.1. The van der Waals surface area contributed by atoms with E-state index in [1.165, 1.54) is 12.1 Å². The van der Waals surface area contributed by atoms with Gasteiger partial charge in [-0.3, -0.25) is 4.79 Å². The Balaban J connectivity index is 3.09. The average molecular weight is 225 g/mol. The van der Waals surface area contributed by atoms with Crippen LogP contribution in [-0.2, 0) is 4.79 Å². The molecule has 0 atom stereocenters. The Labute approximate surface area is 92.1 Å². The normalized spacial score (nSPS) is 10.2. The molecule has 1 amide bonds. The van der Waals surface area contributed by atoms with Gasteiger partial charge in [-0.15, -0.1) is 0 Å². The monoisotopic (exact) mass is 225 g/mol. The third kappa shape index (κ3) is 2.56. The van der Waals surface area contributed by atoms with E-state index in [-0.39, 0.29) is 17.5 Å². The van der Waals surface area contributed by atoms with Crippen LogP contribution < -0.4 is 5.32 Å². The summed E-state index contributed by atoms with van der Waals surface area (Å²) in [4.78, 5) is 22.2. The standard InChI is InChI=1S/C11H12FNO3/c1-6(2)10(14)13-8-5-3-4-7(12)9(8)11(15)16/h3-6H,1-2H3,(H,13,14)(H,15,16). The summed E-state index contributed by atoms with van der Waals surface area (Å²) in [5.41, 5.74) is -0.539. The van der Waals surface area contributed by atoms with Gasteiger partial charge in [-0.2, -0.15) is 0 Å². The van der Waals surface area contributed by atoms with Gasteiger partial charge in [0.25, 0.3) is 0 Å². The molecule has 0 aliphatic rings. The Bertz CT molecular complexity index is 429. The van der Waals surface area contributed by atoms with Gasteiger partial charge < -0.3 is 10.4 Å². The molecule has 5 heteroatoms. The molecular weight excluding hydrogens is 213 g/mol. The lowest BCUT2D eigenvalue weighted by Crippen LogP contribution is -2.20. The number of benzene rings is 1. The number of nitrogens with one attached hydrogen (secondary N) is 1. The average Bonchev–Trinajstić information content (AvgIpc) is 2.16. The van der Waals surface area contributed by atoms with E-state index in [4.69, 9.17) is 5.11 Å². The number of rotatable bonds is 3. The number of carboxylic acid groups (broad SMARTS) is 1. The molecule has 0 bridgehead atoms. The Morgan fingerprint density at radius 2 is 2.00 bits per heavy atom. The Morgan fingerprint density at radius 1 is 1.38 bits per heavy atom. The predicted octanol–water partition coefficient (Wildman–Crippen LogP) is 2.12. The largest absolute Gasteiger partial charge is 0.478 e.